The molecular formula is C7H6F6O. The van der Waals surface area contributed by atoms with E-state index in [0.717, 1.165) is 6.92 Å². The van der Waals surface area contributed by atoms with Crippen molar-refractivity contribution in [3.63, 3.8) is 0 Å². The highest BCUT2D eigenvalue weighted by atomic mass is 19.4. The number of alkyl halides is 5. The molecule has 0 heterocycles. The molecule has 0 aromatic carbocycles. The summed E-state index contributed by atoms with van der Waals surface area (Å²) in [6, 6.07) is 0. The van der Waals surface area contributed by atoms with Crippen LogP contribution >= 0.6 is 0 Å². The molecule has 0 aliphatic heterocycles. The number of allylic oxidation sites excluding steroid dienone is 4. The highest BCUT2D eigenvalue weighted by Gasteiger charge is 2.60. The van der Waals surface area contributed by atoms with Crippen molar-refractivity contribution in [1.82, 2.24) is 0 Å². The highest BCUT2D eigenvalue weighted by Crippen LogP contribution is 2.39. The van der Waals surface area contributed by atoms with Crippen LogP contribution in [0.15, 0.2) is 23.7 Å². The average molecular weight is 220 g/mol. The normalized spacial score (nSPS) is 15.9. The molecule has 0 saturated heterocycles. The molecule has 82 valence electrons. The van der Waals surface area contributed by atoms with Gasteiger partial charge in [0.15, 0.2) is 5.76 Å². The van der Waals surface area contributed by atoms with Crippen molar-refractivity contribution in [2.45, 2.75) is 19.0 Å². The monoisotopic (exact) mass is 220 g/mol. The van der Waals surface area contributed by atoms with E-state index in [9.17, 15) is 26.3 Å². The van der Waals surface area contributed by atoms with Crippen molar-refractivity contribution in [3.8, 4) is 0 Å². The molecule has 0 spiro atoms. The van der Waals surface area contributed by atoms with Crippen LogP contribution < -0.4 is 0 Å². The highest BCUT2D eigenvalue weighted by molar-refractivity contribution is 5.16. The summed E-state index contributed by atoms with van der Waals surface area (Å²) in [7, 11) is 0. The van der Waals surface area contributed by atoms with E-state index in [0.29, 0.717) is 6.08 Å². The Bertz CT molecular complexity index is 258. The van der Waals surface area contributed by atoms with Crippen molar-refractivity contribution in [2.75, 3.05) is 0 Å². The second-order valence-electron chi connectivity index (χ2n) is 2.38. The van der Waals surface area contributed by atoms with Crippen molar-refractivity contribution in [1.29, 1.82) is 0 Å². The summed E-state index contributed by atoms with van der Waals surface area (Å²) >= 11 is 0. The second kappa shape index (κ2) is 3.93. The average Bonchev–Trinajstić information content (AvgIpc) is 1.97. The molecule has 0 aromatic rings. The number of rotatable bonds is 2. The van der Waals surface area contributed by atoms with Gasteiger partial charge >= 0.3 is 12.1 Å². The molecule has 0 amide bonds. The number of aliphatic hydroxyl groups excluding tert-OH is 1. The van der Waals surface area contributed by atoms with Crippen LogP contribution in [0, 0.1) is 0 Å². The van der Waals surface area contributed by atoms with E-state index >= 15 is 0 Å². The first-order valence-electron chi connectivity index (χ1n) is 3.27. The fraction of sp³-hybridized carbons (Fsp3) is 0.429. The van der Waals surface area contributed by atoms with Crippen LogP contribution in [0.5, 0.6) is 0 Å². The lowest BCUT2D eigenvalue weighted by atomic mass is 10.2. The first kappa shape index (κ1) is 12.9. The van der Waals surface area contributed by atoms with Gasteiger partial charge in [-0.3, -0.25) is 0 Å². The van der Waals surface area contributed by atoms with Crippen LogP contribution in [0.25, 0.3) is 0 Å². The summed E-state index contributed by atoms with van der Waals surface area (Å²) in [5.41, 5.74) is 0. The lowest BCUT2D eigenvalue weighted by molar-refractivity contribution is -0.274. The van der Waals surface area contributed by atoms with E-state index in [-0.39, 0.29) is 6.08 Å². The minimum absolute atomic E-state index is 0.0389. The summed E-state index contributed by atoms with van der Waals surface area (Å²) in [6.07, 6.45) is -5.64. The maximum absolute atomic E-state index is 12.2. The zero-order valence-electron chi connectivity index (χ0n) is 6.87. The van der Waals surface area contributed by atoms with Crippen LogP contribution in [0.4, 0.5) is 26.3 Å². The Labute approximate surface area is 75.3 Å². The predicted molar refractivity (Wildman–Crippen MR) is 36.6 cm³/mol. The second-order valence-corrected chi connectivity index (χ2v) is 2.38. The van der Waals surface area contributed by atoms with E-state index < -0.39 is 23.7 Å². The van der Waals surface area contributed by atoms with Crippen LogP contribution in [0.1, 0.15) is 6.92 Å². The Balaban J connectivity index is 4.94. The molecule has 0 unspecified atom stereocenters. The van der Waals surface area contributed by atoms with E-state index in [4.69, 9.17) is 5.11 Å². The molecule has 0 fully saturated rings. The maximum Gasteiger partial charge on any atom is 0.461 e. The molecule has 0 aliphatic rings. The van der Waals surface area contributed by atoms with Crippen LogP contribution in [0.3, 0.4) is 0 Å². The lowest BCUT2D eigenvalue weighted by Crippen LogP contribution is -2.38. The fourth-order valence-electron chi connectivity index (χ4n) is 0.444. The van der Waals surface area contributed by atoms with Crippen molar-refractivity contribution in [3.05, 3.63) is 23.7 Å². The Hall–Kier alpha value is -1.14. The third-order valence-corrected chi connectivity index (χ3v) is 1.15. The molecule has 0 radical (unpaired) electrons. The Morgan fingerprint density at radius 2 is 1.50 bits per heavy atom. The molecule has 0 atom stereocenters. The van der Waals surface area contributed by atoms with Gasteiger partial charge in [0.05, 0.1) is 5.83 Å². The van der Waals surface area contributed by atoms with Crippen molar-refractivity contribution in [2.24, 2.45) is 0 Å². The molecule has 1 nitrogen and oxygen atoms in total. The largest absolute Gasteiger partial charge is 0.506 e. The first-order chi connectivity index (χ1) is 6.09. The Morgan fingerprint density at radius 3 is 1.79 bits per heavy atom. The summed E-state index contributed by atoms with van der Waals surface area (Å²) in [6.45, 7) is 0.829. The summed E-state index contributed by atoms with van der Waals surface area (Å²) in [5.74, 6) is -8.62. The van der Waals surface area contributed by atoms with Gasteiger partial charge in [-0.1, -0.05) is 0 Å². The zero-order chi connectivity index (χ0) is 11.6. The van der Waals surface area contributed by atoms with E-state index in [1.165, 1.54) is 0 Å². The van der Waals surface area contributed by atoms with Gasteiger partial charge in [-0.2, -0.15) is 22.0 Å². The Morgan fingerprint density at radius 1 is 1.07 bits per heavy atom. The van der Waals surface area contributed by atoms with Gasteiger partial charge in [0.1, 0.15) is 0 Å². The first-order valence-corrected chi connectivity index (χ1v) is 3.27. The van der Waals surface area contributed by atoms with Crippen LogP contribution in [-0.2, 0) is 0 Å². The van der Waals surface area contributed by atoms with Gasteiger partial charge < -0.3 is 5.11 Å². The van der Waals surface area contributed by atoms with Gasteiger partial charge in [-0.15, -0.1) is 0 Å². The fourth-order valence-corrected chi connectivity index (χ4v) is 0.444. The molecule has 0 rings (SSSR count). The maximum atomic E-state index is 12.2. The van der Waals surface area contributed by atoms with Gasteiger partial charge in [0, 0.05) is 0 Å². The van der Waals surface area contributed by atoms with E-state index in [2.05, 4.69) is 0 Å². The summed E-state index contributed by atoms with van der Waals surface area (Å²) in [5, 5.41) is 8.34. The number of aliphatic hydroxyl groups is 1. The molecule has 0 saturated carbocycles. The molecule has 0 aliphatic carbocycles. The Kier molecular flexibility index (Phi) is 3.61. The summed E-state index contributed by atoms with van der Waals surface area (Å²) in [4.78, 5) is 0. The smallest absolute Gasteiger partial charge is 0.461 e. The molecule has 0 bridgehead atoms. The third kappa shape index (κ3) is 2.97. The number of halogens is 6. The minimum Gasteiger partial charge on any atom is -0.506 e. The number of hydrogen-bond acceptors (Lipinski definition) is 1. The van der Waals surface area contributed by atoms with Crippen LogP contribution in [0.2, 0.25) is 0 Å². The van der Waals surface area contributed by atoms with Crippen molar-refractivity contribution < 1.29 is 31.4 Å². The molecular weight excluding hydrogens is 214 g/mol. The van der Waals surface area contributed by atoms with Gasteiger partial charge in [0.25, 0.3) is 0 Å². The number of hydrogen-bond donors (Lipinski definition) is 1. The third-order valence-electron chi connectivity index (χ3n) is 1.15. The van der Waals surface area contributed by atoms with Crippen molar-refractivity contribution >= 4 is 0 Å². The molecule has 7 heteroatoms. The molecule has 1 N–H and O–H groups in total. The minimum atomic E-state index is -5.90. The van der Waals surface area contributed by atoms with Gasteiger partial charge in [-0.05, 0) is 19.1 Å². The zero-order valence-corrected chi connectivity index (χ0v) is 6.87. The lowest BCUT2D eigenvalue weighted by Gasteiger charge is -2.18. The van der Waals surface area contributed by atoms with E-state index in [1.807, 2.05) is 0 Å². The van der Waals surface area contributed by atoms with E-state index in [1.54, 1.807) is 0 Å². The SMILES string of the molecule is C/C(F)=C\C=C(/O)C(F)(F)C(F)(F)F. The molecule has 0 aromatic heterocycles. The quantitative estimate of drug-likeness (QED) is 0.429. The van der Waals surface area contributed by atoms with Gasteiger partial charge in [0.2, 0.25) is 0 Å². The standard InChI is InChI=1S/C7H6F6O/c1-4(8)2-3-5(14)6(9,10)7(11,12)13/h2-3,14H,1H3/b4-2+,5-3-. The van der Waals surface area contributed by atoms with Gasteiger partial charge in [-0.25, -0.2) is 4.39 Å². The summed E-state index contributed by atoms with van der Waals surface area (Å²) < 4.78 is 70.9. The topological polar surface area (TPSA) is 20.2 Å². The molecule has 14 heavy (non-hydrogen) atoms. The predicted octanol–water partition coefficient (Wildman–Crippen LogP) is 3.50. The van der Waals surface area contributed by atoms with Crippen LogP contribution in [-0.4, -0.2) is 17.2 Å².